The van der Waals surface area contributed by atoms with Crippen molar-refractivity contribution >= 4 is 29.2 Å². The number of nitrogens with zero attached hydrogens (tertiary/aromatic N) is 3. The molecule has 0 aliphatic carbocycles. The molecule has 4 aromatic rings. The lowest BCUT2D eigenvalue weighted by Crippen LogP contribution is -2.51. The number of hydrogen-bond acceptors (Lipinski definition) is 2. The standard InChI is InChI=1S/C32H33ClN4O2/c1-22(2)24-13-15-26(16-14-24)34-32(39)36-19-17-35(18-20-36)31(38)27-21-30(25-9-5-4-6-10-25)37(23(27)3)29-12-8-7-11-28(29)33/h4-16,21-22H,17-20H2,1-3H3,(H,34,39). The smallest absolute Gasteiger partial charge is 0.321 e. The molecule has 0 bridgehead atoms. The third-order valence-electron chi connectivity index (χ3n) is 7.32. The van der Waals surface area contributed by atoms with E-state index in [1.165, 1.54) is 5.56 Å². The van der Waals surface area contributed by atoms with Crippen LogP contribution in [0.25, 0.3) is 16.9 Å². The molecule has 0 spiro atoms. The van der Waals surface area contributed by atoms with E-state index in [1.54, 1.807) is 4.90 Å². The van der Waals surface area contributed by atoms with E-state index < -0.39 is 0 Å². The van der Waals surface area contributed by atoms with E-state index >= 15 is 0 Å². The molecule has 0 radical (unpaired) electrons. The Morgan fingerprint density at radius 3 is 2.08 bits per heavy atom. The van der Waals surface area contributed by atoms with Gasteiger partial charge in [0.05, 0.1) is 22.0 Å². The highest BCUT2D eigenvalue weighted by atomic mass is 35.5. The molecule has 3 amide bonds. The largest absolute Gasteiger partial charge is 0.335 e. The van der Waals surface area contributed by atoms with Gasteiger partial charge in [-0.2, -0.15) is 0 Å². The number of aromatic nitrogens is 1. The van der Waals surface area contributed by atoms with Crippen LogP contribution in [-0.2, 0) is 0 Å². The van der Waals surface area contributed by atoms with Gasteiger partial charge >= 0.3 is 6.03 Å². The summed E-state index contributed by atoms with van der Waals surface area (Å²) in [6, 6.07) is 27.4. The molecule has 0 unspecified atom stereocenters. The summed E-state index contributed by atoms with van der Waals surface area (Å²) >= 11 is 6.59. The lowest BCUT2D eigenvalue weighted by atomic mass is 10.0. The van der Waals surface area contributed by atoms with Gasteiger partial charge in [0.2, 0.25) is 0 Å². The number of carbonyl (C=O) groups excluding carboxylic acids is 2. The fraction of sp³-hybridized carbons (Fsp3) is 0.250. The Morgan fingerprint density at radius 1 is 0.821 bits per heavy atom. The number of piperazine rings is 1. The molecule has 7 heteroatoms. The molecule has 6 nitrogen and oxygen atoms in total. The molecule has 39 heavy (non-hydrogen) atoms. The lowest BCUT2D eigenvalue weighted by molar-refractivity contribution is 0.0671. The van der Waals surface area contributed by atoms with Gasteiger partial charge in [-0.1, -0.05) is 80.0 Å². The summed E-state index contributed by atoms with van der Waals surface area (Å²) in [6.45, 7) is 8.12. The third kappa shape index (κ3) is 5.57. The number of benzene rings is 3. The average molecular weight is 541 g/mol. The summed E-state index contributed by atoms with van der Waals surface area (Å²) in [5, 5.41) is 3.60. The van der Waals surface area contributed by atoms with E-state index in [2.05, 4.69) is 23.7 Å². The zero-order chi connectivity index (χ0) is 27.5. The molecule has 1 N–H and O–H groups in total. The van der Waals surface area contributed by atoms with Gasteiger partial charge in [-0.15, -0.1) is 0 Å². The molecule has 5 rings (SSSR count). The molecule has 1 aliphatic rings. The second-order valence-corrected chi connectivity index (χ2v) is 10.6. The Bertz CT molecular complexity index is 1470. The summed E-state index contributed by atoms with van der Waals surface area (Å²) in [5.41, 5.74) is 6.21. The number of para-hydroxylation sites is 1. The summed E-state index contributed by atoms with van der Waals surface area (Å²) in [7, 11) is 0. The van der Waals surface area contributed by atoms with Gasteiger partial charge in [0, 0.05) is 37.6 Å². The minimum Gasteiger partial charge on any atom is -0.335 e. The van der Waals surface area contributed by atoms with Gasteiger partial charge < -0.3 is 19.7 Å². The predicted molar refractivity (Wildman–Crippen MR) is 158 cm³/mol. The highest BCUT2D eigenvalue weighted by Crippen LogP contribution is 2.33. The first-order chi connectivity index (χ1) is 18.8. The zero-order valence-electron chi connectivity index (χ0n) is 22.5. The van der Waals surface area contributed by atoms with Crippen molar-refractivity contribution in [2.75, 3.05) is 31.5 Å². The fourth-order valence-electron chi connectivity index (χ4n) is 5.03. The maximum absolute atomic E-state index is 13.7. The summed E-state index contributed by atoms with van der Waals surface area (Å²) < 4.78 is 2.05. The van der Waals surface area contributed by atoms with Gasteiger partial charge in [0.1, 0.15) is 0 Å². The van der Waals surface area contributed by atoms with Gasteiger partial charge in [-0.25, -0.2) is 4.79 Å². The topological polar surface area (TPSA) is 57.6 Å². The van der Waals surface area contributed by atoms with E-state index in [9.17, 15) is 9.59 Å². The number of nitrogens with one attached hydrogen (secondary N) is 1. The van der Waals surface area contributed by atoms with Crippen molar-refractivity contribution in [1.29, 1.82) is 0 Å². The van der Waals surface area contributed by atoms with Crippen LogP contribution in [0.2, 0.25) is 5.02 Å². The van der Waals surface area contributed by atoms with Crippen LogP contribution in [0, 0.1) is 6.92 Å². The first-order valence-corrected chi connectivity index (χ1v) is 13.7. The number of anilines is 1. The summed E-state index contributed by atoms with van der Waals surface area (Å²) in [6.07, 6.45) is 0. The van der Waals surface area contributed by atoms with Crippen LogP contribution in [0.1, 0.15) is 41.4 Å². The first kappa shape index (κ1) is 26.6. The van der Waals surface area contributed by atoms with Crippen LogP contribution in [-0.4, -0.2) is 52.5 Å². The average Bonchev–Trinajstić information content (AvgIpc) is 3.30. The maximum atomic E-state index is 13.7. The SMILES string of the molecule is Cc1c(C(=O)N2CCN(C(=O)Nc3ccc(C(C)C)cc3)CC2)cc(-c2ccccc2)n1-c1ccccc1Cl. The van der Waals surface area contributed by atoms with E-state index in [-0.39, 0.29) is 11.9 Å². The number of hydrogen-bond donors (Lipinski definition) is 1. The maximum Gasteiger partial charge on any atom is 0.321 e. The van der Waals surface area contributed by atoms with E-state index in [0.717, 1.165) is 28.3 Å². The van der Waals surface area contributed by atoms with Crippen molar-refractivity contribution in [3.05, 3.63) is 107 Å². The summed E-state index contributed by atoms with van der Waals surface area (Å²) in [5.74, 6) is 0.397. The molecule has 0 atom stereocenters. The molecule has 2 heterocycles. The van der Waals surface area contributed by atoms with E-state index in [1.807, 2.05) is 96.8 Å². The minimum absolute atomic E-state index is 0.0418. The second-order valence-electron chi connectivity index (χ2n) is 10.2. The Hall–Kier alpha value is -4.03. The van der Waals surface area contributed by atoms with Crippen LogP contribution in [0.15, 0.2) is 84.9 Å². The highest BCUT2D eigenvalue weighted by molar-refractivity contribution is 6.32. The molecule has 1 aromatic heterocycles. The third-order valence-corrected chi connectivity index (χ3v) is 7.64. The lowest BCUT2D eigenvalue weighted by Gasteiger charge is -2.34. The monoisotopic (exact) mass is 540 g/mol. The Balaban J connectivity index is 1.32. The molecule has 200 valence electrons. The Labute approximate surface area is 234 Å². The highest BCUT2D eigenvalue weighted by Gasteiger charge is 2.28. The fourth-order valence-corrected chi connectivity index (χ4v) is 5.25. The first-order valence-electron chi connectivity index (χ1n) is 13.3. The van der Waals surface area contributed by atoms with E-state index in [4.69, 9.17) is 11.6 Å². The van der Waals surface area contributed by atoms with Crippen molar-refractivity contribution in [1.82, 2.24) is 14.4 Å². The van der Waals surface area contributed by atoms with E-state index in [0.29, 0.717) is 42.7 Å². The molecular formula is C32H33ClN4O2. The van der Waals surface area contributed by atoms with Gasteiger partial charge in [0.25, 0.3) is 5.91 Å². The van der Waals surface area contributed by atoms with Crippen molar-refractivity contribution < 1.29 is 9.59 Å². The zero-order valence-corrected chi connectivity index (χ0v) is 23.3. The Morgan fingerprint density at radius 2 is 1.44 bits per heavy atom. The second kappa shape index (κ2) is 11.4. The number of halogens is 1. The molecule has 1 aliphatic heterocycles. The van der Waals surface area contributed by atoms with Crippen molar-refractivity contribution in [3.63, 3.8) is 0 Å². The molecule has 3 aromatic carbocycles. The predicted octanol–water partition coefficient (Wildman–Crippen LogP) is 7.22. The van der Waals surface area contributed by atoms with Crippen LogP contribution < -0.4 is 5.32 Å². The number of urea groups is 1. The number of amides is 3. The molecular weight excluding hydrogens is 508 g/mol. The van der Waals surface area contributed by atoms with Crippen LogP contribution >= 0.6 is 11.6 Å². The van der Waals surface area contributed by atoms with Crippen LogP contribution in [0.5, 0.6) is 0 Å². The number of carbonyl (C=O) groups is 2. The molecule has 1 fully saturated rings. The van der Waals surface area contributed by atoms with Gasteiger partial charge in [0.15, 0.2) is 0 Å². The van der Waals surface area contributed by atoms with Crippen molar-refractivity contribution in [2.24, 2.45) is 0 Å². The molecule has 1 saturated heterocycles. The van der Waals surface area contributed by atoms with Gasteiger partial charge in [-0.05, 0) is 54.3 Å². The quantitative estimate of drug-likeness (QED) is 0.290. The summed E-state index contributed by atoms with van der Waals surface area (Å²) in [4.78, 5) is 30.2. The Kier molecular flexibility index (Phi) is 7.75. The van der Waals surface area contributed by atoms with Crippen molar-refractivity contribution in [3.8, 4) is 16.9 Å². The normalized spacial score (nSPS) is 13.6. The van der Waals surface area contributed by atoms with Crippen LogP contribution in [0.4, 0.5) is 10.5 Å². The van der Waals surface area contributed by atoms with Crippen molar-refractivity contribution in [2.45, 2.75) is 26.7 Å². The number of rotatable bonds is 5. The minimum atomic E-state index is -0.146. The van der Waals surface area contributed by atoms with Crippen LogP contribution in [0.3, 0.4) is 0 Å². The van der Waals surface area contributed by atoms with Gasteiger partial charge in [-0.3, -0.25) is 4.79 Å². The molecule has 0 saturated carbocycles.